The van der Waals surface area contributed by atoms with E-state index in [1.54, 1.807) is 4.90 Å². The zero-order chi connectivity index (χ0) is 15.1. The van der Waals surface area contributed by atoms with Gasteiger partial charge in [0.2, 0.25) is 0 Å². The fourth-order valence-electron chi connectivity index (χ4n) is 2.69. The number of likely N-dealkylation sites (N-methyl/N-ethyl adjacent to an activating group) is 1. The number of piperidine rings is 1. The molecule has 1 aromatic rings. The molecule has 0 aromatic heterocycles. The summed E-state index contributed by atoms with van der Waals surface area (Å²) in [5.74, 6) is 0. The fraction of sp³-hybridized carbons (Fsp3) is 0.562. The van der Waals surface area contributed by atoms with Gasteiger partial charge in [0, 0.05) is 32.2 Å². The first-order valence-corrected chi connectivity index (χ1v) is 7.56. The third kappa shape index (κ3) is 4.72. The lowest BCUT2D eigenvalue weighted by molar-refractivity contribution is 0.0735. The Morgan fingerprint density at radius 3 is 2.62 bits per heavy atom. The van der Waals surface area contributed by atoms with Crippen LogP contribution >= 0.6 is 0 Å². The van der Waals surface area contributed by atoms with Crippen molar-refractivity contribution in [3.8, 4) is 0 Å². The zero-order valence-electron chi connectivity index (χ0n) is 12.7. The fourth-order valence-corrected chi connectivity index (χ4v) is 2.69. The second kappa shape index (κ2) is 8.00. The molecule has 0 bridgehead atoms. The molecule has 116 valence electrons. The van der Waals surface area contributed by atoms with E-state index in [-0.39, 0.29) is 6.09 Å². The molecule has 0 spiro atoms. The van der Waals surface area contributed by atoms with Gasteiger partial charge in [-0.1, -0.05) is 30.3 Å². The van der Waals surface area contributed by atoms with Crippen LogP contribution in [0.2, 0.25) is 0 Å². The minimum atomic E-state index is -0.209. The van der Waals surface area contributed by atoms with Crippen molar-refractivity contribution in [2.75, 3.05) is 33.2 Å². The number of hydrogen-bond donors (Lipinski definition) is 1. The summed E-state index contributed by atoms with van der Waals surface area (Å²) in [5, 5.41) is 0. The normalized spacial score (nSPS) is 16.2. The Balaban J connectivity index is 1.73. The van der Waals surface area contributed by atoms with Crippen LogP contribution in [0.15, 0.2) is 30.3 Å². The van der Waals surface area contributed by atoms with E-state index in [2.05, 4.69) is 11.9 Å². The molecule has 2 rings (SSSR count). The van der Waals surface area contributed by atoms with Gasteiger partial charge >= 0.3 is 6.09 Å². The van der Waals surface area contributed by atoms with E-state index in [9.17, 15) is 4.79 Å². The van der Waals surface area contributed by atoms with Crippen molar-refractivity contribution in [3.63, 3.8) is 0 Å². The lowest BCUT2D eigenvalue weighted by Gasteiger charge is -2.36. The maximum Gasteiger partial charge on any atom is 0.410 e. The Kier molecular flexibility index (Phi) is 6.02. The van der Waals surface area contributed by atoms with Gasteiger partial charge < -0.3 is 20.3 Å². The molecule has 21 heavy (non-hydrogen) atoms. The third-order valence-corrected chi connectivity index (χ3v) is 4.03. The number of nitrogens with zero attached hydrogens (tertiary/aromatic N) is 2. The number of rotatable bonds is 5. The number of nitrogens with two attached hydrogens (primary N) is 1. The molecule has 1 aromatic carbocycles. The molecule has 1 aliphatic rings. The Morgan fingerprint density at radius 2 is 2.00 bits per heavy atom. The van der Waals surface area contributed by atoms with Gasteiger partial charge in [0.25, 0.3) is 0 Å². The van der Waals surface area contributed by atoms with Crippen LogP contribution in [0.3, 0.4) is 0 Å². The van der Waals surface area contributed by atoms with Crippen LogP contribution in [0, 0.1) is 0 Å². The van der Waals surface area contributed by atoms with Crippen molar-refractivity contribution < 1.29 is 9.53 Å². The largest absolute Gasteiger partial charge is 0.445 e. The lowest BCUT2D eigenvalue weighted by atomic mass is 10.0. The summed E-state index contributed by atoms with van der Waals surface area (Å²) in [5.41, 5.74) is 6.60. The molecule has 1 heterocycles. The summed E-state index contributed by atoms with van der Waals surface area (Å²) in [4.78, 5) is 16.1. The summed E-state index contributed by atoms with van der Waals surface area (Å²) < 4.78 is 5.36. The van der Waals surface area contributed by atoms with Crippen LogP contribution in [0.4, 0.5) is 4.79 Å². The van der Waals surface area contributed by atoms with Crippen molar-refractivity contribution in [2.45, 2.75) is 25.5 Å². The third-order valence-electron chi connectivity index (χ3n) is 4.03. The predicted molar refractivity (Wildman–Crippen MR) is 82.9 cm³/mol. The molecule has 0 saturated carbocycles. The first-order valence-electron chi connectivity index (χ1n) is 7.56. The van der Waals surface area contributed by atoms with E-state index < -0.39 is 0 Å². The first-order chi connectivity index (χ1) is 10.2. The van der Waals surface area contributed by atoms with Gasteiger partial charge in [-0.2, -0.15) is 0 Å². The molecule has 5 heteroatoms. The summed E-state index contributed by atoms with van der Waals surface area (Å²) in [6.07, 6.45) is 1.76. The molecular formula is C16H25N3O2. The van der Waals surface area contributed by atoms with Gasteiger partial charge in [0.05, 0.1) is 0 Å². The predicted octanol–water partition coefficient (Wildman–Crippen LogP) is 1.68. The SMILES string of the molecule is CN(CCN)C1CCN(C(=O)OCc2ccccc2)CC1. The average molecular weight is 291 g/mol. The first kappa shape index (κ1) is 15.8. The Morgan fingerprint density at radius 1 is 1.33 bits per heavy atom. The number of ether oxygens (including phenoxy) is 1. The summed E-state index contributed by atoms with van der Waals surface area (Å²) >= 11 is 0. The van der Waals surface area contributed by atoms with E-state index in [0.717, 1.165) is 38.0 Å². The standard InChI is InChI=1S/C16H25N3O2/c1-18(12-9-17)15-7-10-19(11-8-15)16(20)21-13-14-5-3-2-4-6-14/h2-6,15H,7-13,17H2,1H3. The highest BCUT2D eigenvalue weighted by Gasteiger charge is 2.25. The Labute approximate surface area is 126 Å². The van der Waals surface area contributed by atoms with E-state index >= 15 is 0 Å². The molecule has 0 atom stereocenters. The summed E-state index contributed by atoms with van der Waals surface area (Å²) in [6.45, 7) is 3.44. The number of likely N-dealkylation sites (tertiary alicyclic amines) is 1. The lowest BCUT2D eigenvalue weighted by Crippen LogP contribution is -2.46. The van der Waals surface area contributed by atoms with Gasteiger partial charge in [0.1, 0.15) is 6.61 Å². The van der Waals surface area contributed by atoms with Crippen LogP contribution in [0.5, 0.6) is 0 Å². The van der Waals surface area contributed by atoms with Crippen LogP contribution < -0.4 is 5.73 Å². The summed E-state index contributed by atoms with van der Waals surface area (Å²) in [6, 6.07) is 10.3. The van der Waals surface area contributed by atoms with Crippen molar-refractivity contribution in [2.24, 2.45) is 5.73 Å². The minimum Gasteiger partial charge on any atom is -0.445 e. The van der Waals surface area contributed by atoms with Gasteiger partial charge in [-0.25, -0.2) is 4.79 Å². The highest BCUT2D eigenvalue weighted by atomic mass is 16.6. The molecule has 1 amide bonds. The highest BCUT2D eigenvalue weighted by Crippen LogP contribution is 2.16. The molecule has 0 aliphatic carbocycles. The Hall–Kier alpha value is -1.59. The van der Waals surface area contributed by atoms with Crippen LogP contribution in [-0.2, 0) is 11.3 Å². The molecular weight excluding hydrogens is 266 g/mol. The van der Waals surface area contributed by atoms with Crippen molar-refractivity contribution >= 4 is 6.09 Å². The topological polar surface area (TPSA) is 58.8 Å². The average Bonchev–Trinajstić information content (AvgIpc) is 2.54. The number of carbonyl (C=O) groups is 1. The summed E-state index contributed by atoms with van der Waals surface area (Å²) in [7, 11) is 2.10. The van der Waals surface area contributed by atoms with Gasteiger partial charge in [-0.05, 0) is 25.5 Å². The molecule has 2 N–H and O–H groups in total. The molecule has 0 unspecified atom stereocenters. The van der Waals surface area contributed by atoms with Crippen molar-refractivity contribution in [1.82, 2.24) is 9.80 Å². The number of amides is 1. The second-order valence-corrected chi connectivity index (χ2v) is 5.53. The monoisotopic (exact) mass is 291 g/mol. The van der Waals surface area contributed by atoms with Crippen molar-refractivity contribution in [1.29, 1.82) is 0 Å². The van der Waals surface area contributed by atoms with Gasteiger partial charge in [0.15, 0.2) is 0 Å². The molecule has 1 aliphatic heterocycles. The molecule has 1 saturated heterocycles. The highest BCUT2D eigenvalue weighted by molar-refractivity contribution is 5.67. The molecule has 0 radical (unpaired) electrons. The van der Waals surface area contributed by atoms with E-state index in [1.807, 2.05) is 30.3 Å². The molecule has 5 nitrogen and oxygen atoms in total. The van der Waals surface area contributed by atoms with Gasteiger partial charge in [-0.15, -0.1) is 0 Å². The smallest absolute Gasteiger partial charge is 0.410 e. The van der Waals surface area contributed by atoms with E-state index in [1.165, 1.54) is 0 Å². The number of hydrogen-bond acceptors (Lipinski definition) is 4. The number of carbonyl (C=O) groups excluding carboxylic acids is 1. The van der Waals surface area contributed by atoms with Crippen LogP contribution in [0.25, 0.3) is 0 Å². The Bertz CT molecular complexity index is 430. The van der Waals surface area contributed by atoms with Crippen molar-refractivity contribution in [3.05, 3.63) is 35.9 Å². The maximum absolute atomic E-state index is 12.0. The maximum atomic E-state index is 12.0. The quantitative estimate of drug-likeness (QED) is 0.896. The molecule has 1 fully saturated rings. The minimum absolute atomic E-state index is 0.209. The van der Waals surface area contributed by atoms with Gasteiger partial charge in [-0.3, -0.25) is 0 Å². The van der Waals surface area contributed by atoms with Crippen LogP contribution in [-0.4, -0.2) is 55.2 Å². The number of benzene rings is 1. The zero-order valence-corrected chi connectivity index (χ0v) is 12.7. The van der Waals surface area contributed by atoms with Crippen LogP contribution in [0.1, 0.15) is 18.4 Å². The van der Waals surface area contributed by atoms with E-state index in [0.29, 0.717) is 19.2 Å². The second-order valence-electron chi connectivity index (χ2n) is 5.53. The van der Waals surface area contributed by atoms with E-state index in [4.69, 9.17) is 10.5 Å².